The van der Waals surface area contributed by atoms with Crippen molar-refractivity contribution < 1.29 is 19.8 Å². The van der Waals surface area contributed by atoms with Crippen LogP contribution in [-0.4, -0.2) is 28.1 Å². The first-order valence-corrected chi connectivity index (χ1v) is 4.50. The number of hydrogen-bond donors (Lipinski definition) is 2. The van der Waals surface area contributed by atoms with Crippen molar-refractivity contribution in [2.45, 2.75) is 25.9 Å². The summed E-state index contributed by atoms with van der Waals surface area (Å²) < 4.78 is 0. The zero-order valence-electron chi connectivity index (χ0n) is 7.36. The summed E-state index contributed by atoms with van der Waals surface area (Å²) in [6.07, 6.45) is -0.0548. The smallest absolute Gasteiger partial charge is 0.307 e. The summed E-state index contributed by atoms with van der Waals surface area (Å²) in [5.74, 6) is -1.96. The SMILES string of the molecule is CCC12C(=O)C[C@H](O)C1[C@@H]2C(=O)O. The van der Waals surface area contributed by atoms with Crippen LogP contribution >= 0.6 is 0 Å². The highest BCUT2D eigenvalue weighted by Gasteiger charge is 2.77. The summed E-state index contributed by atoms with van der Waals surface area (Å²) in [6, 6.07) is 0. The molecule has 0 amide bonds. The number of aliphatic hydroxyl groups excluding tert-OH is 1. The highest BCUT2D eigenvalue weighted by atomic mass is 16.4. The average molecular weight is 184 g/mol. The number of carboxylic acid groups (broad SMARTS) is 1. The molecule has 0 spiro atoms. The van der Waals surface area contributed by atoms with Gasteiger partial charge in [0.1, 0.15) is 5.78 Å². The number of aliphatic carboxylic acids is 1. The third kappa shape index (κ3) is 0.790. The van der Waals surface area contributed by atoms with Crippen molar-refractivity contribution in [3.8, 4) is 0 Å². The molecule has 2 rings (SSSR count). The van der Waals surface area contributed by atoms with E-state index in [1.54, 1.807) is 0 Å². The lowest BCUT2D eigenvalue weighted by Crippen LogP contribution is -2.21. The van der Waals surface area contributed by atoms with Gasteiger partial charge in [0.15, 0.2) is 0 Å². The first-order chi connectivity index (χ1) is 6.05. The Bertz CT molecular complexity index is 285. The van der Waals surface area contributed by atoms with Crippen LogP contribution in [0.5, 0.6) is 0 Å². The summed E-state index contributed by atoms with van der Waals surface area (Å²) >= 11 is 0. The Kier molecular flexibility index (Phi) is 1.55. The lowest BCUT2D eigenvalue weighted by Gasteiger charge is -2.08. The molecular formula is C9H12O4. The number of carbonyl (C=O) groups excluding carboxylic acids is 1. The molecule has 0 aromatic carbocycles. The highest BCUT2D eigenvalue weighted by Crippen LogP contribution is 2.68. The van der Waals surface area contributed by atoms with E-state index in [0.717, 1.165) is 0 Å². The van der Waals surface area contributed by atoms with E-state index in [9.17, 15) is 14.7 Å². The molecule has 2 N–H and O–H groups in total. The Labute approximate surface area is 75.6 Å². The molecule has 4 nitrogen and oxygen atoms in total. The molecule has 2 saturated carbocycles. The van der Waals surface area contributed by atoms with Gasteiger partial charge in [-0.1, -0.05) is 6.92 Å². The van der Waals surface area contributed by atoms with Crippen molar-refractivity contribution >= 4 is 11.8 Å². The van der Waals surface area contributed by atoms with Gasteiger partial charge in [-0.2, -0.15) is 0 Å². The van der Waals surface area contributed by atoms with E-state index in [-0.39, 0.29) is 18.1 Å². The van der Waals surface area contributed by atoms with Crippen LogP contribution in [0.25, 0.3) is 0 Å². The second-order valence-corrected chi connectivity index (χ2v) is 3.93. The molecule has 0 bridgehead atoms. The lowest BCUT2D eigenvalue weighted by atomic mass is 9.95. The van der Waals surface area contributed by atoms with Crippen molar-refractivity contribution in [3.63, 3.8) is 0 Å². The minimum absolute atomic E-state index is 0.0695. The first-order valence-electron chi connectivity index (χ1n) is 4.50. The van der Waals surface area contributed by atoms with Crippen molar-refractivity contribution in [2.75, 3.05) is 0 Å². The van der Waals surface area contributed by atoms with Gasteiger partial charge in [-0.25, -0.2) is 0 Å². The average Bonchev–Trinajstić information content (AvgIpc) is 2.67. The van der Waals surface area contributed by atoms with Gasteiger partial charge in [0.2, 0.25) is 0 Å². The Morgan fingerprint density at radius 1 is 1.69 bits per heavy atom. The maximum Gasteiger partial charge on any atom is 0.307 e. The molecule has 2 aliphatic carbocycles. The normalized spacial score (nSPS) is 47.5. The lowest BCUT2D eigenvalue weighted by molar-refractivity contribution is -0.142. The van der Waals surface area contributed by atoms with Gasteiger partial charge in [-0.3, -0.25) is 9.59 Å². The van der Waals surface area contributed by atoms with Crippen LogP contribution in [0.3, 0.4) is 0 Å². The molecule has 2 aliphatic rings. The molecule has 0 aromatic rings. The third-order valence-electron chi connectivity index (χ3n) is 3.58. The molecule has 0 heterocycles. The largest absolute Gasteiger partial charge is 0.481 e. The second kappa shape index (κ2) is 2.32. The van der Waals surface area contributed by atoms with Gasteiger partial charge < -0.3 is 10.2 Å². The monoisotopic (exact) mass is 184 g/mol. The fraction of sp³-hybridized carbons (Fsp3) is 0.778. The number of ketones is 1. The van der Waals surface area contributed by atoms with Gasteiger partial charge in [-0.15, -0.1) is 0 Å². The highest BCUT2D eigenvalue weighted by molar-refractivity contribution is 5.99. The summed E-state index contributed by atoms with van der Waals surface area (Å²) in [5, 5.41) is 18.3. The Morgan fingerprint density at radius 3 is 2.62 bits per heavy atom. The number of Topliss-reactive ketones (excluding diaryl/α,β-unsaturated/α-hetero) is 1. The Morgan fingerprint density at radius 2 is 2.31 bits per heavy atom. The topological polar surface area (TPSA) is 74.6 Å². The number of fused-ring (bicyclic) bond motifs is 1. The van der Waals surface area contributed by atoms with Crippen molar-refractivity contribution in [1.82, 2.24) is 0 Å². The van der Waals surface area contributed by atoms with Crippen LogP contribution in [0.15, 0.2) is 0 Å². The van der Waals surface area contributed by atoms with E-state index in [1.165, 1.54) is 0 Å². The van der Waals surface area contributed by atoms with Crippen LogP contribution in [0.4, 0.5) is 0 Å². The van der Waals surface area contributed by atoms with Crippen molar-refractivity contribution in [2.24, 2.45) is 17.3 Å². The number of rotatable bonds is 2. The quantitative estimate of drug-likeness (QED) is 0.635. The maximum atomic E-state index is 11.5. The van der Waals surface area contributed by atoms with E-state index in [4.69, 9.17) is 5.11 Å². The van der Waals surface area contributed by atoms with Crippen LogP contribution in [0, 0.1) is 17.3 Å². The number of aliphatic hydroxyl groups is 1. The molecule has 4 heteroatoms. The molecule has 4 atom stereocenters. The zero-order valence-corrected chi connectivity index (χ0v) is 7.36. The number of carboxylic acids is 1. The van der Waals surface area contributed by atoms with Gasteiger partial charge in [-0.05, 0) is 6.42 Å². The minimum atomic E-state index is -0.945. The van der Waals surface area contributed by atoms with Crippen LogP contribution in [0.1, 0.15) is 19.8 Å². The molecule has 13 heavy (non-hydrogen) atoms. The third-order valence-corrected chi connectivity index (χ3v) is 3.58. The number of hydrogen-bond acceptors (Lipinski definition) is 3. The Balaban J connectivity index is 2.32. The summed E-state index contributed by atoms with van der Waals surface area (Å²) in [7, 11) is 0. The fourth-order valence-electron chi connectivity index (χ4n) is 2.93. The van der Waals surface area contributed by atoms with E-state index in [2.05, 4.69) is 0 Å². The fourth-order valence-corrected chi connectivity index (χ4v) is 2.93. The van der Waals surface area contributed by atoms with Crippen LogP contribution in [0.2, 0.25) is 0 Å². The maximum absolute atomic E-state index is 11.5. The molecule has 0 aromatic heterocycles. The molecule has 72 valence electrons. The van der Waals surface area contributed by atoms with E-state index < -0.39 is 23.4 Å². The summed E-state index contributed by atoms with van der Waals surface area (Å²) in [4.78, 5) is 22.2. The predicted molar refractivity (Wildman–Crippen MR) is 43.0 cm³/mol. The molecule has 2 fully saturated rings. The summed E-state index contributed by atoms with van der Waals surface area (Å²) in [6.45, 7) is 1.81. The van der Waals surface area contributed by atoms with Gasteiger partial charge in [0.05, 0.1) is 12.0 Å². The van der Waals surface area contributed by atoms with Gasteiger partial charge in [0.25, 0.3) is 0 Å². The van der Waals surface area contributed by atoms with Crippen molar-refractivity contribution in [3.05, 3.63) is 0 Å². The molecule has 0 radical (unpaired) electrons. The molecule has 0 aliphatic heterocycles. The van der Waals surface area contributed by atoms with E-state index in [1.807, 2.05) is 6.92 Å². The van der Waals surface area contributed by atoms with Gasteiger partial charge in [0, 0.05) is 17.8 Å². The standard InChI is InChI=1S/C9H12O4/c1-2-9-5(11)3-4(10)6(9)7(9)8(12)13/h4,6-7,10H,2-3H2,1H3,(H,12,13)/t4-,6?,7+,9?/m0/s1. The van der Waals surface area contributed by atoms with Crippen molar-refractivity contribution in [1.29, 1.82) is 0 Å². The molecular weight excluding hydrogens is 172 g/mol. The van der Waals surface area contributed by atoms with E-state index in [0.29, 0.717) is 6.42 Å². The predicted octanol–water partition coefficient (Wildman–Crippen LogP) is 0.0471. The van der Waals surface area contributed by atoms with Gasteiger partial charge >= 0.3 is 5.97 Å². The zero-order chi connectivity index (χ0) is 9.80. The first kappa shape index (κ1) is 8.69. The van der Waals surface area contributed by atoms with Crippen LogP contribution in [-0.2, 0) is 9.59 Å². The number of carbonyl (C=O) groups is 2. The van der Waals surface area contributed by atoms with E-state index >= 15 is 0 Å². The second-order valence-electron chi connectivity index (χ2n) is 3.93. The molecule has 0 saturated heterocycles. The van der Waals surface area contributed by atoms with Crippen LogP contribution < -0.4 is 0 Å². The summed E-state index contributed by atoms with van der Waals surface area (Å²) in [5.41, 5.74) is -0.717. The molecule has 2 unspecified atom stereocenters. The Hall–Kier alpha value is -0.900. The minimum Gasteiger partial charge on any atom is -0.481 e.